The highest BCUT2D eigenvalue weighted by molar-refractivity contribution is 6.25. The molecule has 278 valence electrons. The molecule has 59 heavy (non-hydrogen) atoms. The van der Waals surface area contributed by atoms with Gasteiger partial charge in [0, 0.05) is 38.8 Å². The summed E-state index contributed by atoms with van der Waals surface area (Å²) in [7, 11) is 0. The molecule has 0 N–H and O–H groups in total. The van der Waals surface area contributed by atoms with Crippen molar-refractivity contribution >= 4 is 71.3 Å². The van der Waals surface area contributed by atoms with Crippen molar-refractivity contribution in [3.8, 4) is 33.4 Å². The van der Waals surface area contributed by atoms with Gasteiger partial charge in [-0.05, 0) is 120 Å². The lowest BCUT2D eigenvalue weighted by Gasteiger charge is -2.29. The molecule has 1 aromatic heterocycles. The van der Waals surface area contributed by atoms with Gasteiger partial charge in [-0.2, -0.15) is 0 Å². The van der Waals surface area contributed by atoms with Gasteiger partial charge in [0.1, 0.15) is 11.2 Å². The number of hydrogen-bond acceptors (Lipinski definition) is 2. The molecular weight excluding hydrogens is 715 g/mol. The Labute approximate surface area is 343 Å². The first-order chi connectivity index (χ1) is 29.0. The Bertz CT molecular complexity index is 3430. The third kappa shape index (κ3) is 5.13. The Morgan fingerprint density at radius 2 is 0.847 bits per heavy atom. The highest BCUT2D eigenvalue weighted by atomic mass is 16.3. The van der Waals surface area contributed by atoms with Crippen LogP contribution < -0.4 is 4.90 Å². The van der Waals surface area contributed by atoms with Crippen LogP contribution in [0, 0.1) is 0 Å². The molecule has 1 heterocycles. The molecule has 11 aromatic rings. The standard InChI is InChI=1S/C57H39NO/c1-57(2)53-33-38(42-20-12-21-51-50-19-10-11-22-55(50)59-56(42)51)25-30-48(53)49-32-29-41(35-54(49)57)58(39-26-23-37(24-27-39)36-13-4-3-5-14-36)40-28-31-47-45-17-7-6-15-43(45)44-16-8-9-18-46(44)52(47)34-40/h3-35H,1-2H3. The molecular formula is C57H39NO. The minimum absolute atomic E-state index is 0.236. The third-order valence-electron chi connectivity index (χ3n) is 12.9. The number of furan rings is 1. The lowest BCUT2D eigenvalue weighted by Crippen LogP contribution is -2.16. The molecule has 0 atom stereocenters. The van der Waals surface area contributed by atoms with Gasteiger partial charge in [0.05, 0.1) is 0 Å². The summed E-state index contributed by atoms with van der Waals surface area (Å²) in [6, 6.07) is 73.2. The number of para-hydroxylation sites is 2. The molecule has 10 aromatic carbocycles. The lowest BCUT2D eigenvalue weighted by molar-refractivity contribution is 0.660. The fraction of sp³-hybridized carbons (Fsp3) is 0.0526. The second-order valence-electron chi connectivity index (χ2n) is 16.5. The van der Waals surface area contributed by atoms with E-state index < -0.39 is 0 Å². The summed E-state index contributed by atoms with van der Waals surface area (Å²) in [5.74, 6) is 0. The normalized spacial score (nSPS) is 13.1. The molecule has 12 rings (SSSR count). The maximum Gasteiger partial charge on any atom is 0.143 e. The van der Waals surface area contributed by atoms with E-state index in [2.05, 4.69) is 213 Å². The maximum absolute atomic E-state index is 6.50. The average molecular weight is 754 g/mol. The number of rotatable bonds is 5. The second-order valence-corrected chi connectivity index (χ2v) is 16.5. The van der Waals surface area contributed by atoms with Crippen LogP contribution in [0.1, 0.15) is 25.0 Å². The molecule has 0 saturated heterocycles. The summed E-state index contributed by atoms with van der Waals surface area (Å²) in [4.78, 5) is 2.44. The van der Waals surface area contributed by atoms with Gasteiger partial charge in [-0.25, -0.2) is 0 Å². The third-order valence-corrected chi connectivity index (χ3v) is 12.9. The monoisotopic (exact) mass is 753 g/mol. The van der Waals surface area contributed by atoms with Crippen molar-refractivity contribution in [1.29, 1.82) is 0 Å². The minimum atomic E-state index is -0.236. The van der Waals surface area contributed by atoms with Crippen molar-refractivity contribution in [2.24, 2.45) is 0 Å². The van der Waals surface area contributed by atoms with Crippen LogP contribution in [0.15, 0.2) is 205 Å². The molecule has 0 radical (unpaired) electrons. The van der Waals surface area contributed by atoms with Gasteiger partial charge in [0.25, 0.3) is 0 Å². The molecule has 0 fully saturated rings. The minimum Gasteiger partial charge on any atom is -0.455 e. The number of nitrogens with zero attached hydrogens (tertiary/aromatic N) is 1. The van der Waals surface area contributed by atoms with Crippen LogP contribution in [0.4, 0.5) is 17.1 Å². The maximum atomic E-state index is 6.50. The Morgan fingerprint density at radius 3 is 1.58 bits per heavy atom. The molecule has 1 aliphatic rings. The van der Waals surface area contributed by atoms with E-state index in [0.29, 0.717) is 0 Å². The predicted molar refractivity (Wildman–Crippen MR) is 249 cm³/mol. The Kier molecular flexibility index (Phi) is 7.31. The van der Waals surface area contributed by atoms with E-state index in [0.717, 1.165) is 44.6 Å². The van der Waals surface area contributed by atoms with Gasteiger partial charge >= 0.3 is 0 Å². The van der Waals surface area contributed by atoms with E-state index in [1.54, 1.807) is 0 Å². The number of fused-ring (bicyclic) bond motifs is 12. The summed E-state index contributed by atoms with van der Waals surface area (Å²) in [6.07, 6.45) is 0. The smallest absolute Gasteiger partial charge is 0.143 e. The van der Waals surface area contributed by atoms with E-state index in [1.807, 2.05) is 6.07 Å². The molecule has 0 spiro atoms. The molecule has 2 heteroatoms. The van der Waals surface area contributed by atoms with E-state index in [4.69, 9.17) is 4.42 Å². The SMILES string of the molecule is CC1(C)c2cc(-c3cccc4c3oc3ccccc34)ccc2-c2ccc(N(c3ccc(-c4ccccc4)cc3)c3ccc4c5ccccc5c5ccccc5c4c3)cc21. The van der Waals surface area contributed by atoms with Crippen LogP contribution in [-0.4, -0.2) is 0 Å². The summed E-state index contributed by atoms with van der Waals surface area (Å²) >= 11 is 0. The molecule has 0 amide bonds. The molecule has 0 saturated carbocycles. The van der Waals surface area contributed by atoms with E-state index >= 15 is 0 Å². The zero-order valence-corrected chi connectivity index (χ0v) is 32.9. The van der Waals surface area contributed by atoms with Gasteiger partial charge in [-0.1, -0.05) is 166 Å². The fourth-order valence-corrected chi connectivity index (χ4v) is 9.92. The summed E-state index contributed by atoms with van der Waals surface area (Å²) in [6.45, 7) is 4.75. The fourth-order valence-electron chi connectivity index (χ4n) is 9.92. The van der Waals surface area contributed by atoms with Gasteiger partial charge < -0.3 is 9.32 Å². The van der Waals surface area contributed by atoms with Gasteiger partial charge in [0.2, 0.25) is 0 Å². The average Bonchev–Trinajstić information content (AvgIpc) is 3.78. The molecule has 1 aliphatic carbocycles. The largest absolute Gasteiger partial charge is 0.455 e. The zero-order valence-electron chi connectivity index (χ0n) is 32.9. The first-order valence-electron chi connectivity index (χ1n) is 20.5. The molecule has 0 aliphatic heterocycles. The Morgan fingerprint density at radius 1 is 0.339 bits per heavy atom. The van der Waals surface area contributed by atoms with Crippen molar-refractivity contribution in [3.63, 3.8) is 0 Å². The second kappa shape index (κ2) is 12.8. The zero-order chi connectivity index (χ0) is 39.2. The topological polar surface area (TPSA) is 16.4 Å². The van der Waals surface area contributed by atoms with Crippen molar-refractivity contribution in [2.45, 2.75) is 19.3 Å². The highest BCUT2D eigenvalue weighted by Gasteiger charge is 2.36. The first kappa shape index (κ1) is 33.7. The molecule has 2 nitrogen and oxygen atoms in total. The van der Waals surface area contributed by atoms with Crippen LogP contribution in [0.5, 0.6) is 0 Å². The first-order valence-corrected chi connectivity index (χ1v) is 20.5. The summed E-state index contributed by atoms with van der Waals surface area (Å²) < 4.78 is 6.50. The van der Waals surface area contributed by atoms with Crippen molar-refractivity contribution in [3.05, 3.63) is 211 Å². The van der Waals surface area contributed by atoms with Crippen LogP contribution >= 0.6 is 0 Å². The molecule has 0 bridgehead atoms. The summed E-state index contributed by atoms with van der Waals surface area (Å²) in [5, 5.41) is 9.93. The highest BCUT2D eigenvalue weighted by Crippen LogP contribution is 2.52. The van der Waals surface area contributed by atoms with E-state index in [1.165, 1.54) is 71.3 Å². The Balaban J connectivity index is 1.01. The van der Waals surface area contributed by atoms with Gasteiger partial charge in [0.15, 0.2) is 0 Å². The van der Waals surface area contributed by atoms with Gasteiger partial charge in [-0.15, -0.1) is 0 Å². The number of hydrogen-bond donors (Lipinski definition) is 0. The summed E-state index contributed by atoms with van der Waals surface area (Å²) in [5.41, 5.74) is 14.9. The van der Waals surface area contributed by atoms with E-state index in [9.17, 15) is 0 Å². The number of benzene rings is 10. The van der Waals surface area contributed by atoms with E-state index in [-0.39, 0.29) is 5.41 Å². The van der Waals surface area contributed by atoms with Crippen LogP contribution in [0.3, 0.4) is 0 Å². The predicted octanol–water partition coefficient (Wildman–Crippen LogP) is 16.2. The molecule has 0 unspecified atom stereocenters. The number of anilines is 3. The van der Waals surface area contributed by atoms with Crippen molar-refractivity contribution in [1.82, 2.24) is 0 Å². The quantitative estimate of drug-likeness (QED) is 0.163. The van der Waals surface area contributed by atoms with Crippen LogP contribution in [0.25, 0.3) is 87.6 Å². The van der Waals surface area contributed by atoms with Crippen LogP contribution in [0.2, 0.25) is 0 Å². The van der Waals surface area contributed by atoms with Gasteiger partial charge in [-0.3, -0.25) is 0 Å². The van der Waals surface area contributed by atoms with Crippen molar-refractivity contribution < 1.29 is 4.42 Å². The van der Waals surface area contributed by atoms with Crippen LogP contribution in [-0.2, 0) is 5.41 Å². The van der Waals surface area contributed by atoms with Crippen molar-refractivity contribution in [2.75, 3.05) is 4.90 Å². The lowest BCUT2D eigenvalue weighted by atomic mass is 9.81. The Hall–Kier alpha value is -7.42.